The van der Waals surface area contributed by atoms with Crippen molar-refractivity contribution in [1.82, 2.24) is 0 Å². The molecule has 0 amide bonds. The van der Waals surface area contributed by atoms with E-state index in [1.165, 1.54) is 0 Å². The number of hydrogen-bond donors (Lipinski definition) is 1. The summed E-state index contributed by atoms with van der Waals surface area (Å²) in [6.07, 6.45) is 2.74. The van der Waals surface area contributed by atoms with Crippen molar-refractivity contribution in [2.24, 2.45) is 5.41 Å². The van der Waals surface area contributed by atoms with Gasteiger partial charge in [0.25, 0.3) is 0 Å². The van der Waals surface area contributed by atoms with E-state index in [2.05, 4.69) is 27.4 Å². The predicted molar refractivity (Wildman–Crippen MR) is 98.7 cm³/mol. The fourth-order valence-corrected chi connectivity index (χ4v) is 2.10. The van der Waals surface area contributed by atoms with Crippen molar-refractivity contribution < 1.29 is 24.1 Å². The maximum absolute atomic E-state index is 10.1. The lowest BCUT2D eigenvalue weighted by Crippen LogP contribution is -2.13. The molecule has 0 aromatic heterocycles. The van der Waals surface area contributed by atoms with Crippen molar-refractivity contribution in [3.05, 3.63) is 36.1 Å². The van der Waals surface area contributed by atoms with Crippen molar-refractivity contribution in [2.45, 2.75) is 47.0 Å². The van der Waals surface area contributed by atoms with Gasteiger partial charge in [0.05, 0.1) is 19.0 Å². The molecule has 1 N–H and O–H groups in total. The van der Waals surface area contributed by atoms with Crippen LogP contribution >= 0.6 is 0 Å². The number of ether oxygens (including phenoxy) is 4. The summed E-state index contributed by atoms with van der Waals surface area (Å²) in [4.78, 5) is 0. The molecule has 0 saturated heterocycles. The molecule has 0 radical (unpaired) electrons. The number of benzene rings is 1. The summed E-state index contributed by atoms with van der Waals surface area (Å²) in [7, 11) is 0. The number of aromatic hydroxyl groups is 1. The number of allylic oxidation sites excluding steroid dienone is 1. The Morgan fingerprint density at radius 3 is 2.44 bits per heavy atom. The normalized spacial score (nSPS) is 11.4. The lowest BCUT2D eigenvalue weighted by Gasteiger charge is -2.22. The van der Waals surface area contributed by atoms with Crippen molar-refractivity contribution in [3.63, 3.8) is 0 Å². The quantitative estimate of drug-likeness (QED) is 0.318. The van der Waals surface area contributed by atoms with Crippen LogP contribution in [0.25, 0.3) is 0 Å². The van der Waals surface area contributed by atoms with Gasteiger partial charge in [-0.25, -0.2) is 0 Å². The van der Waals surface area contributed by atoms with Gasteiger partial charge in [-0.15, -0.1) is 0 Å². The third-order valence-corrected chi connectivity index (χ3v) is 3.93. The molecule has 1 rings (SSSR count). The van der Waals surface area contributed by atoms with Gasteiger partial charge in [0.1, 0.15) is 0 Å². The first-order chi connectivity index (χ1) is 11.8. The van der Waals surface area contributed by atoms with Gasteiger partial charge in [-0.3, -0.25) is 0 Å². The molecule has 142 valence electrons. The molecule has 0 unspecified atom stereocenters. The first-order valence-electron chi connectivity index (χ1n) is 8.72. The van der Waals surface area contributed by atoms with Crippen LogP contribution < -0.4 is 4.74 Å². The third kappa shape index (κ3) is 9.37. The molecule has 0 aliphatic rings. The highest BCUT2D eigenvalue weighted by Gasteiger charge is 2.16. The topological polar surface area (TPSA) is 57.2 Å². The summed E-state index contributed by atoms with van der Waals surface area (Å²) in [6, 6.07) is 5.54. The van der Waals surface area contributed by atoms with Gasteiger partial charge in [0.2, 0.25) is 0 Å². The zero-order valence-corrected chi connectivity index (χ0v) is 16.0. The summed E-state index contributed by atoms with van der Waals surface area (Å²) in [6.45, 7) is 13.4. The number of phenols is 1. The molecule has 5 heteroatoms. The Kier molecular flexibility index (Phi) is 9.39. The summed E-state index contributed by atoms with van der Waals surface area (Å²) in [5.74, 6) is 1.21. The molecule has 0 fully saturated rings. The van der Waals surface area contributed by atoms with Crippen LogP contribution in [0.4, 0.5) is 0 Å². The minimum Gasteiger partial charge on any atom is -0.504 e. The largest absolute Gasteiger partial charge is 0.504 e. The standard InChI is InChI=1S/C20H32O5/c1-6-20(4,5)13-17-8-9-19(18(21)12-17)25-15-23-11-7-10-22-14-24-16(2)3/h8-9,12,21H,2,6-7,10-11,13-15H2,1,3-5H3. The van der Waals surface area contributed by atoms with Crippen molar-refractivity contribution in [1.29, 1.82) is 0 Å². The summed E-state index contributed by atoms with van der Waals surface area (Å²) >= 11 is 0. The fourth-order valence-electron chi connectivity index (χ4n) is 2.10. The van der Waals surface area contributed by atoms with Gasteiger partial charge >= 0.3 is 0 Å². The summed E-state index contributed by atoms with van der Waals surface area (Å²) in [5, 5.41) is 10.1. The Balaban J connectivity index is 2.22. The van der Waals surface area contributed by atoms with Gasteiger partial charge in [0, 0.05) is 0 Å². The van der Waals surface area contributed by atoms with E-state index in [1.54, 1.807) is 19.1 Å². The Morgan fingerprint density at radius 2 is 1.84 bits per heavy atom. The highest BCUT2D eigenvalue weighted by molar-refractivity contribution is 5.42. The van der Waals surface area contributed by atoms with Crippen molar-refractivity contribution in [3.8, 4) is 11.5 Å². The van der Waals surface area contributed by atoms with Crippen molar-refractivity contribution in [2.75, 3.05) is 26.8 Å². The third-order valence-electron chi connectivity index (χ3n) is 3.93. The second-order valence-corrected chi connectivity index (χ2v) is 6.89. The second-order valence-electron chi connectivity index (χ2n) is 6.89. The van der Waals surface area contributed by atoms with Crippen LogP contribution in [-0.2, 0) is 20.6 Å². The van der Waals surface area contributed by atoms with Gasteiger partial charge < -0.3 is 24.1 Å². The molecule has 1 aromatic carbocycles. The average Bonchev–Trinajstić information content (AvgIpc) is 2.54. The van der Waals surface area contributed by atoms with E-state index >= 15 is 0 Å². The van der Waals surface area contributed by atoms with E-state index in [-0.39, 0.29) is 24.8 Å². The lowest BCUT2D eigenvalue weighted by atomic mass is 9.83. The molecule has 25 heavy (non-hydrogen) atoms. The molecule has 0 aliphatic carbocycles. The maximum Gasteiger partial charge on any atom is 0.189 e. The van der Waals surface area contributed by atoms with E-state index in [9.17, 15) is 5.11 Å². The van der Waals surface area contributed by atoms with E-state index in [4.69, 9.17) is 18.9 Å². The number of phenolic OH excluding ortho intramolecular Hbond substituents is 1. The highest BCUT2D eigenvalue weighted by Crippen LogP contribution is 2.31. The number of rotatable bonds is 13. The van der Waals surface area contributed by atoms with Crippen molar-refractivity contribution >= 4 is 0 Å². The van der Waals surface area contributed by atoms with E-state index in [0.29, 0.717) is 24.7 Å². The lowest BCUT2D eigenvalue weighted by molar-refractivity contribution is -0.0385. The van der Waals surface area contributed by atoms with Gasteiger partial charge in [0.15, 0.2) is 25.1 Å². The molecule has 0 atom stereocenters. The van der Waals surface area contributed by atoms with Crippen LogP contribution in [-0.4, -0.2) is 31.9 Å². The maximum atomic E-state index is 10.1. The molecule has 1 aromatic rings. The first-order valence-corrected chi connectivity index (χ1v) is 8.72. The average molecular weight is 352 g/mol. The van der Waals surface area contributed by atoms with Crippen LogP contribution in [0.1, 0.15) is 46.1 Å². The molecule has 0 bridgehead atoms. The SMILES string of the molecule is C=C(C)OCOCCCOCOc1ccc(CC(C)(C)CC)cc1O. The minimum atomic E-state index is 0.0929. The minimum absolute atomic E-state index is 0.0929. The first kappa shape index (κ1) is 21.3. The van der Waals surface area contributed by atoms with E-state index in [0.717, 1.165) is 24.8 Å². The molecular weight excluding hydrogens is 320 g/mol. The van der Waals surface area contributed by atoms with Gasteiger partial charge in [-0.2, -0.15) is 0 Å². The molecular formula is C20H32O5. The van der Waals surface area contributed by atoms with E-state index < -0.39 is 0 Å². The van der Waals surface area contributed by atoms with Crippen LogP contribution in [0.15, 0.2) is 30.5 Å². The second kappa shape index (κ2) is 11.0. The van der Waals surface area contributed by atoms with Crippen LogP contribution in [0.3, 0.4) is 0 Å². The smallest absolute Gasteiger partial charge is 0.189 e. The fraction of sp³-hybridized carbons (Fsp3) is 0.600. The molecule has 0 saturated carbocycles. The van der Waals surface area contributed by atoms with Crippen LogP contribution in [0, 0.1) is 5.41 Å². The predicted octanol–water partition coefficient (Wildman–Crippen LogP) is 4.64. The zero-order valence-electron chi connectivity index (χ0n) is 16.0. The van der Waals surface area contributed by atoms with Crippen LogP contribution in [0.2, 0.25) is 0 Å². The van der Waals surface area contributed by atoms with Gasteiger partial charge in [-0.05, 0) is 42.9 Å². The summed E-state index contributed by atoms with van der Waals surface area (Å²) < 4.78 is 21.2. The molecule has 0 heterocycles. The zero-order chi connectivity index (χ0) is 18.7. The Labute approximate surface area is 151 Å². The highest BCUT2D eigenvalue weighted by atomic mass is 16.7. The van der Waals surface area contributed by atoms with E-state index in [1.807, 2.05) is 6.07 Å². The monoisotopic (exact) mass is 352 g/mol. The molecule has 0 spiro atoms. The Bertz CT molecular complexity index is 525. The summed E-state index contributed by atoms with van der Waals surface area (Å²) in [5.41, 5.74) is 1.32. The Morgan fingerprint density at radius 1 is 1.16 bits per heavy atom. The molecule has 0 aliphatic heterocycles. The van der Waals surface area contributed by atoms with Gasteiger partial charge in [-0.1, -0.05) is 39.8 Å². The number of hydrogen-bond acceptors (Lipinski definition) is 5. The molecule has 5 nitrogen and oxygen atoms in total. The Hall–Kier alpha value is -1.72. The van der Waals surface area contributed by atoms with Crippen LogP contribution in [0.5, 0.6) is 11.5 Å².